The predicted octanol–water partition coefficient (Wildman–Crippen LogP) is 4.95. The minimum atomic E-state index is -0.468. The van der Waals surface area contributed by atoms with Gasteiger partial charge >= 0.3 is 0 Å². The number of piperidine rings is 1. The monoisotopic (exact) mass is 517 g/mol. The largest absolute Gasteiger partial charge is 0.358 e. The van der Waals surface area contributed by atoms with E-state index in [0.29, 0.717) is 16.9 Å². The minimum absolute atomic E-state index is 0.00733. The lowest BCUT2D eigenvalue weighted by Crippen LogP contribution is -2.65. The van der Waals surface area contributed by atoms with Crippen LogP contribution in [0.1, 0.15) is 100 Å². The van der Waals surface area contributed by atoms with Crippen molar-refractivity contribution in [2.75, 3.05) is 7.05 Å². The van der Waals surface area contributed by atoms with Crippen LogP contribution in [-0.2, 0) is 14.4 Å². The van der Waals surface area contributed by atoms with Gasteiger partial charge < -0.3 is 10.2 Å². The smallest absolute Gasteiger partial charge is 0.232 e. The molecule has 36 heavy (non-hydrogen) atoms. The highest BCUT2D eigenvalue weighted by atomic mass is 32.1. The molecule has 1 heterocycles. The fourth-order valence-corrected chi connectivity index (χ4v) is 9.29. The van der Waals surface area contributed by atoms with Crippen LogP contribution in [0.4, 0.5) is 0 Å². The van der Waals surface area contributed by atoms with Crippen molar-refractivity contribution in [1.82, 2.24) is 15.1 Å². The van der Waals surface area contributed by atoms with Crippen LogP contribution in [0.2, 0.25) is 0 Å². The zero-order valence-corrected chi connectivity index (χ0v) is 24.7. The predicted molar refractivity (Wildman–Crippen MR) is 146 cm³/mol. The van der Waals surface area contributed by atoms with E-state index in [1.165, 1.54) is 0 Å². The third-order valence-electron chi connectivity index (χ3n) is 10.3. The van der Waals surface area contributed by atoms with Crippen molar-refractivity contribution in [1.29, 1.82) is 0 Å². The van der Waals surface area contributed by atoms with E-state index in [1.54, 1.807) is 0 Å². The van der Waals surface area contributed by atoms with E-state index >= 15 is 0 Å². The first kappa shape index (κ1) is 27.5. The molecule has 2 unspecified atom stereocenters. The van der Waals surface area contributed by atoms with E-state index in [-0.39, 0.29) is 52.8 Å². The summed E-state index contributed by atoms with van der Waals surface area (Å²) in [7, 11) is 1.88. The summed E-state index contributed by atoms with van der Waals surface area (Å²) < 4.78 is 0. The van der Waals surface area contributed by atoms with Crippen LogP contribution in [-0.4, -0.2) is 56.7 Å². The highest BCUT2D eigenvalue weighted by molar-refractivity contribution is 7.80. The fourth-order valence-electron chi connectivity index (χ4n) is 8.62. The average Bonchev–Trinajstić information content (AvgIpc) is 3.07. The first-order chi connectivity index (χ1) is 16.4. The lowest BCUT2D eigenvalue weighted by Gasteiger charge is -2.60. The van der Waals surface area contributed by atoms with Gasteiger partial charge in [-0.3, -0.25) is 19.3 Å². The average molecular weight is 518 g/mol. The van der Waals surface area contributed by atoms with E-state index in [0.717, 1.165) is 38.5 Å². The van der Waals surface area contributed by atoms with Gasteiger partial charge in [-0.15, -0.1) is 0 Å². The zero-order chi connectivity index (χ0) is 27.0. The SMILES string of the molecule is CN1C(=O)CC(=O)[C@@]2(C)C1CC[C@@H]1[C@H]2CC[C@]2(C)C(C(=O)N(C(=S)NC(C)(C)C)C(C)(C)C)CC[C@@H]12. The Hall–Kier alpha value is -1.50. The third kappa shape index (κ3) is 4.21. The normalized spacial score (nSPS) is 38.7. The maximum Gasteiger partial charge on any atom is 0.232 e. The number of hydrogen-bond donors (Lipinski definition) is 1. The number of nitrogens with zero attached hydrogens (tertiary/aromatic N) is 2. The Morgan fingerprint density at radius 3 is 2.22 bits per heavy atom. The van der Waals surface area contributed by atoms with Gasteiger partial charge in [0.25, 0.3) is 0 Å². The summed E-state index contributed by atoms with van der Waals surface area (Å²) >= 11 is 5.80. The lowest BCUT2D eigenvalue weighted by molar-refractivity contribution is -0.171. The van der Waals surface area contributed by atoms with Gasteiger partial charge in [-0.1, -0.05) is 13.8 Å². The quantitative estimate of drug-likeness (QED) is 0.394. The summed E-state index contributed by atoms with van der Waals surface area (Å²) in [5.41, 5.74) is -1.21. The number of nitrogens with one attached hydrogen (secondary N) is 1. The Morgan fingerprint density at radius 1 is 1.00 bits per heavy atom. The van der Waals surface area contributed by atoms with Gasteiger partial charge in [0.1, 0.15) is 5.78 Å². The van der Waals surface area contributed by atoms with Crippen molar-refractivity contribution in [3.8, 4) is 0 Å². The Bertz CT molecular complexity index is 966. The number of amides is 2. The van der Waals surface area contributed by atoms with Crippen LogP contribution in [0, 0.1) is 34.5 Å². The van der Waals surface area contributed by atoms with Crippen molar-refractivity contribution in [2.45, 2.75) is 117 Å². The molecular weight excluding hydrogens is 470 g/mol. The van der Waals surface area contributed by atoms with Crippen LogP contribution in [0.3, 0.4) is 0 Å². The molecule has 0 aromatic heterocycles. The van der Waals surface area contributed by atoms with Crippen molar-refractivity contribution in [3.63, 3.8) is 0 Å². The molecule has 4 aliphatic rings. The number of carbonyl (C=O) groups is 3. The second-order valence-electron chi connectivity index (χ2n) is 14.6. The van der Waals surface area contributed by atoms with Crippen LogP contribution >= 0.6 is 12.2 Å². The van der Waals surface area contributed by atoms with Gasteiger partial charge in [-0.2, -0.15) is 0 Å². The molecule has 7 atom stereocenters. The summed E-state index contributed by atoms with van der Waals surface area (Å²) in [6.07, 6.45) is 5.74. The molecule has 0 radical (unpaired) electrons. The van der Waals surface area contributed by atoms with E-state index in [1.807, 2.05) is 16.8 Å². The van der Waals surface area contributed by atoms with Crippen molar-refractivity contribution < 1.29 is 14.4 Å². The number of hydrogen-bond acceptors (Lipinski definition) is 4. The number of ketones is 1. The van der Waals surface area contributed by atoms with E-state index in [9.17, 15) is 14.4 Å². The van der Waals surface area contributed by atoms with Crippen molar-refractivity contribution in [3.05, 3.63) is 0 Å². The maximum absolute atomic E-state index is 14.3. The Balaban J connectivity index is 1.61. The number of rotatable bonds is 1. The molecule has 1 aliphatic heterocycles. The molecule has 0 aromatic rings. The number of likely N-dealkylation sites (tertiary alicyclic amines) is 1. The standard InChI is InChI=1S/C29H47N3O3S/c1-26(2,3)30-25(36)32(27(4,5)6)24(35)20-12-11-18-17-10-13-21-29(8,19(17)14-15-28(18,20)7)22(33)16-23(34)31(21)9/h17-21H,10-16H2,1-9H3,(H,30,36)/t17-,18-,19+,20?,21?,28-,29+/m0/s1. The maximum atomic E-state index is 14.3. The van der Waals surface area contributed by atoms with E-state index in [4.69, 9.17) is 12.2 Å². The Morgan fingerprint density at radius 2 is 1.64 bits per heavy atom. The summed E-state index contributed by atoms with van der Waals surface area (Å²) in [5.74, 6) is 1.31. The highest BCUT2D eigenvalue weighted by Gasteiger charge is 2.64. The van der Waals surface area contributed by atoms with Gasteiger partial charge in [-0.05, 0) is 115 Å². The molecule has 6 nitrogen and oxygen atoms in total. The second-order valence-corrected chi connectivity index (χ2v) is 14.9. The van der Waals surface area contributed by atoms with Gasteiger partial charge in [-0.25, -0.2) is 0 Å². The Labute approximate surface area is 223 Å². The molecule has 1 N–H and O–H groups in total. The van der Waals surface area contributed by atoms with Gasteiger partial charge in [0, 0.05) is 30.1 Å². The van der Waals surface area contributed by atoms with Crippen molar-refractivity contribution >= 4 is 34.9 Å². The Kier molecular flexibility index (Phi) is 6.71. The molecular formula is C29H47N3O3S. The molecule has 1 saturated heterocycles. The number of fused-ring (bicyclic) bond motifs is 5. The number of thiocarbonyl (C=S) groups is 1. The molecule has 0 bridgehead atoms. The van der Waals surface area contributed by atoms with Crippen LogP contribution in [0.15, 0.2) is 0 Å². The molecule has 4 fully saturated rings. The number of Topliss-reactive ketones (excluding diaryl/α,β-unsaturated/α-hetero) is 1. The molecule has 0 spiro atoms. The highest BCUT2D eigenvalue weighted by Crippen LogP contribution is 2.65. The molecule has 3 saturated carbocycles. The molecule has 3 aliphatic carbocycles. The van der Waals surface area contributed by atoms with Gasteiger partial charge in [0.2, 0.25) is 11.8 Å². The summed E-state index contributed by atoms with van der Waals surface area (Å²) in [5, 5.41) is 3.88. The molecule has 4 rings (SSSR count). The van der Waals surface area contributed by atoms with Gasteiger partial charge in [0.05, 0.1) is 11.8 Å². The summed E-state index contributed by atoms with van der Waals surface area (Å²) in [6.45, 7) is 16.8. The third-order valence-corrected chi connectivity index (χ3v) is 10.6. The molecule has 0 aromatic carbocycles. The first-order valence-corrected chi connectivity index (χ1v) is 14.3. The lowest BCUT2D eigenvalue weighted by atomic mass is 9.46. The first-order valence-electron chi connectivity index (χ1n) is 13.9. The van der Waals surface area contributed by atoms with Crippen LogP contribution in [0.5, 0.6) is 0 Å². The minimum Gasteiger partial charge on any atom is -0.358 e. The second kappa shape index (κ2) is 8.78. The molecule has 7 heteroatoms. The molecule has 2 amide bonds. The number of carbonyl (C=O) groups excluding carboxylic acids is 3. The topological polar surface area (TPSA) is 69.7 Å². The van der Waals surface area contributed by atoms with E-state index < -0.39 is 11.0 Å². The summed E-state index contributed by atoms with van der Waals surface area (Å²) in [4.78, 5) is 43.8. The van der Waals surface area contributed by atoms with Crippen molar-refractivity contribution in [2.24, 2.45) is 34.5 Å². The molecule has 202 valence electrons. The van der Waals surface area contributed by atoms with Crippen LogP contribution in [0.25, 0.3) is 0 Å². The van der Waals surface area contributed by atoms with Gasteiger partial charge in [0.15, 0.2) is 5.11 Å². The van der Waals surface area contributed by atoms with Crippen LogP contribution < -0.4 is 5.32 Å². The zero-order valence-electron chi connectivity index (χ0n) is 23.9. The summed E-state index contributed by atoms with van der Waals surface area (Å²) in [6, 6.07) is 0.00733. The van der Waals surface area contributed by atoms with E-state index in [2.05, 4.69) is 60.7 Å². The fraction of sp³-hybridized carbons (Fsp3) is 0.862.